The Balaban J connectivity index is 1.98. The summed E-state index contributed by atoms with van der Waals surface area (Å²) in [4.78, 5) is 0. The molecule has 0 bridgehead atoms. The van der Waals surface area contributed by atoms with Gasteiger partial charge in [-0.05, 0) is 68.0 Å². The lowest BCUT2D eigenvalue weighted by molar-refractivity contribution is 0.340. The maximum absolute atomic E-state index is 9.84. The van der Waals surface area contributed by atoms with E-state index in [0.29, 0.717) is 17.4 Å². The molecule has 0 aliphatic carbocycles. The summed E-state index contributed by atoms with van der Waals surface area (Å²) in [7, 11) is 0. The lowest BCUT2D eigenvalue weighted by Gasteiger charge is -2.12. The van der Waals surface area contributed by atoms with E-state index in [9.17, 15) is 5.11 Å². The van der Waals surface area contributed by atoms with Crippen molar-refractivity contribution >= 4 is 28.7 Å². The van der Waals surface area contributed by atoms with Crippen molar-refractivity contribution in [3.63, 3.8) is 0 Å². The average molecular weight is 302 g/mol. The van der Waals surface area contributed by atoms with Crippen molar-refractivity contribution in [2.75, 3.05) is 17.2 Å². The van der Waals surface area contributed by atoms with E-state index >= 15 is 0 Å². The zero-order valence-corrected chi connectivity index (χ0v) is 12.8. The van der Waals surface area contributed by atoms with Crippen LogP contribution in [0.4, 0.5) is 11.4 Å². The van der Waals surface area contributed by atoms with Crippen LogP contribution in [0.3, 0.4) is 0 Å². The lowest BCUT2D eigenvalue weighted by Crippen LogP contribution is -2.19. The predicted molar refractivity (Wildman–Crippen MR) is 90.3 cm³/mol. The number of anilines is 2. The number of nitrogens with one attached hydrogen (secondary N) is 2. The number of hydrogen-bond acceptors (Lipinski definition) is 3. The third-order valence-corrected chi connectivity index (χ3v) is 3.03. The molecule has 0 spiro atoms. The number of aromatic hydroxyl groups is 1. The summed E-state index contributed by atoms with van der Waals surface area (Å²) in [5.41, 5.74) is 2.41. The molecule has 0 saturated heterocycles. The van der Waals surface area contributed by atoms with E-state index in [2.05, 4.69) is 10.6 Å². The van der Waals surface area contributed by atoms with E-state index in [-0.39, 0.29) is 5.75 Å². The zero-order chi connectivity index (χ0) is 15.2. The maximum Gasteiger partial charge on any atom is 0.175 e. The Labute approximate surface area is 129 Å². The van der Waals surface area contributed by atoms with Gasteiger partial charge in [0.1, 0.15) is 11.5 Å². The largest absolute Gasteiger partial charge is 0.506 e. The fourth-order valence-electron chi connectivity index (χ4n) is 1.83. The number of rotatable bonds is 4. The molecule has 0 fully saturated rings. The van der Waals surface area contributed by atoms with E-state index in [1.54, 1.807) is 12.1 Å². The van der Waals surface area contributed by atoms with Gasteiger partial charge in [0, 0.05) is 5.69 Å². The Hall–Kier alpha value is -2.27. The van der Waals surface area contributed by atoms with E-state index in [0.717, 1.165) is 17.0 Å². The molecule has 2 rings (SSSR count). The summed E-state index contributed by atoms with van der Waals surface area (Å²) in [6.45, 7) is 4.50. The summed E-state index contributed by atoms with van der Waals surface area (Å²) in [6, 6.07) is 12.9. The first-order valence-corrected chi connectivity index (χ1v) is 7.10. The minimum atomic E-state index is 0.172. The number of phenols is 1. The monoisotopic (exact) mass is 302 g/mol. The fraction of sp³-hybridized carbons (Fsp3) is 0.188. The van der Waals surface area contributed by atoms with Crippen LogP contribution in [0, 0.1) is 6.92 Å². The Morgan fingerprint density at radius 3 is 2.48 bits per heavy atom. The Bertz CT molecular complexity index is 627. The van der Waals surface area contributed by atoms with Crippen molar-refractivity contribution in [2.45, 2.75) is 13.8 Å². The van der Waals surface area contributed by atoms with Gasteiger partial charge in [0.2, 0.25) is 0 Å². The van der Waals surface area contributed by atoms with Gasteiger partial charge in [0.25, 0.3) is 0 Å². The molecular formula is C16H18N2O2S. The van der Waals surface area contributed by atoms with Crippen molar-refractivity contribution in [1.29, 1.82) is 0 Å². The number of benzene rings is 2. The summed E-state index contributed by atoms with van der Waals surface area (Å²) >= 11 is 5.23. The number of thiocarbonyl (C=S) groups is 1. The standard InChI is InChI=1S/C16H18N2O2S/c1-3-20-13-7-5-12(6-8-13)17-16(21)18-14-9-4-11(2)10-15(14)19/h4-10,19H,3H2,1-2H3,(H2,17,18,21). The molecule has 5 heteroatoms. The molecule has 0 unspecified atom stereocenters. The summed E-state index contributed by atoms with van der Waals surface area (Å²) in [5.74, 6) is 0.990. The molecule has 0 aliphatic heterocycles. The van der Waals surface area contributed by atoms with Crippen LogP contribution in [-0.2, 0) is 0 Å². The van der Waals surface area contributed by atoms with Crippen LogP contribution in [0.2, 0.25) is 0 Å². The Morgan fingerprint density at radius 2 is 1.86 bits per heavy atom. The van der Waals surface area contributed by atoms with Gasteiger partial charge in [-0.15, -0.1) is 0 Å². The van der Waals surface area contributed by atoms with E-state index in [4.69, 9.17) is 17.0 Å². The molecule has 0 heterocycles. The third-order valence-electron chi connectivity index (χ3n) is 2.82. The van der Waals surface area contributed by atoms with Gasteiger partial charge in [-0.25, -0.2) is 0 Å². The first-order chi connectivity index (χ1) is 10.1. The van der Waals surface area contributed by atoms with Crippen LogP contribution >= 0.6 is 12.2 Å². The quantitative estimate of drug-likeness (QED) is 0.590. The molecule has 0 radical (unpaired) electrons. The SMILES string of the molecule is CCOc1ccc(NC(=S)Nc2ccc(C)cc2O)cc1. The second kappa shape index (κ2) is 6.95. The second-order valence-electron chi connectivity index (χ2n) is 4.56. The molecule has 2 aromatic carbocycles. The van der Waals surface area contributed by atoms with Crippen LogP contribution in [0.15, 0.2) is 42.5 Å². The smallest absolute Gasteiger partial charge is 0.175 e. The van der Waals surface area contributed by atoms with Crippen LogP contribution in [-0.4, -0.2) is 16.8 Å². The minimum Gasteiger partial charge on any atom is -0.506 e. The Kier molecular flexibility index (Phi) is 5.00. The van der Waals surface area contributed by atoms with E-state index in [1.807, 2.05) is 44.2 Å². The molecule has 0 amide bonds. The van der Waals surface area contributed by atoms with Gasteiger partial charge in [-0.1, -0.05) is 6.07 Å². The fourth-order valence-corrected chi connectivity index (χ4v) is 2.06. The highest BCUT2D eigenvalue weighted by molar-refractivity contribution is 7.80. The normalized spacial score (nSPS) is 10.0. The van der Waals surface area contributed by atoms with Crippen molar-refractivity contribution in [3.8, 4) is 11.5 Å². The van der Waals surface area contributed by atoms with Crippen molar-refractivity contribution in [1.82, 2.24) is 0 Å². The summed E-state index contributed by atoms with van der Waals surface area (Å²) in [6.07, 6.45) is 0. The third kappa shape index (κ3) is 4.36. The summed E-state index contributed by atoms with van der Waals surface area (Å²) in [5, 5.41) is 16.3. The minimum absolute atomic E-state index is 0.172. The van der Waals surface area contributed by atoms with Gasteiger partial charge in [-0.2, -0.15) is 0 Å². The van der Waals surface area contributed by atoms with Gasteiger partial charge in [0.15, 0.2) is 5.11 Å². The Morgan fingerprint density at radius 1 is 1.14 bits per heavy atom. The summed E-state index contributed by atoms with van der Waals surface area (Å²) < 4.78 is 5.38. The number of hydrogen-bond donors (Lipinski definition) is 3. The van der Waals surface area contributed by atoms with Crippen molar-refractivity contribution in [3.05, 3.63) is 48.0 Å². The average Bonchev–Trinajstić information content (AvgIpc) is 2.44. The first-order valence-electron chi connectivity index (χ1n) is 6.69. The molecule has 3 N–H and O–H groups in total. The molecule has 0 saturated carbocycles. The van der Waals surface area contributed by atoms with E-state index < -0.39 is 0 Å². The van der Waals surface area contributed by atoms with Crippen LogP contribution in [0.1, 0.15) is 12.5 Å². The van der Waals surface area contributed by atoms with Crippen molar-refractivity contribution < 1.29 is 9.84 Å². The van der Waals surface area contributed by atoms with Crippen LogP contribution in [0.25, 0.3) is 0 Å². The molecule has 21 heavy (non-hydrogen) atoms. The maximum atomic E-state index is 9.84. The van der Waals surface area contributed by atoms with Gasteiger partial charge < -0.3 is 20.5 Å². The van der Waals surface area contributed by atoms with Crippen LogP contribution < -0.4 is 15.4 Å². The highest BCUT2D eigenvalue weighted by atomic mass is 32.1. The molecule has 4 nitrogen and oxygen atoms in total. The number of ether oxygens (including phenoxy) is 1. The molecule has 0 aromatic heterocycles. The molecule has 110 valence electrons. The molecule has 0 atom stereocenters. The highest BCUT2D eigenvalue weighted by Crippen LogP contribution is 2.24. The zero-order valence-electron chi connectivity index (χ0n) is 12.0. The predicted octanol–water partition coefficient (Wildman–Crippen LogP) is 3.91. The van der Waals surface area contributed by atoms with Crippen LogP contribution in [0.5, 0.6) is 11.5 Å². The number of phenolic OH excluding ortho intramolecular Hbond substituents is 1. The van der Waals surface area contributed by atoms with Gasteiger partial charge >= 0.3 is 0 Å². The highest BCUT2D eigenvalue weighted by Gasteiger charge is 2.04. The topological polar surface area (TPSA) is 53.5 Å². The first kappa shape index (κ1) is 15.1. The molecule has 0 aliphatic rings. The molecular weight excluding hydrogens is 284 g/mol. The van der Waals surface area contributed by atoms with Gasteiger partial charge in [0.05, 0.1) is 12.3 Å². The second-order valence-corrected chi connectivity index (χ2v) is 4.97. The van der Waals surface area contributed by atoms with Gasteiger partial charge in [-0.3, -0.25) is 0 Å². The van der Waals surface area contributed by atoms with E-state index in [1.165, 1.54) is 0 Å². The van der Waals surface area contributed by atoms with Crippen molar-refractivity contribution in [2.24, 2.45) is 0 Å². The number of aryl methyl sites for hydroxylation is 1. The lowest BCUT2D eigenvalue weighted by atomic mass is 10.2. The molecule has 2 aromatic rings.